The van der Waals surface area contributed by atoms with E-state index in [1.165, 1.54) is 0 Å². The van der Waals surface area contributed by atoms with E-state index < -0.39 is 61.0 Å². The van der Waals surface area contributed by atoms with Crippen LogP contribution in [-0.2, 0) is 19.0 Å². The van der Waals surface area contributed by atoms with Crippen LogP contribution in [0.15, 0.2) is 0 Å². The highest BCUT2D eigenvalue weighted by Gasteiger charge is 2.49. The zero-order valence-electron chi connectivity index (χ0n) is 21.3. The Morgan fingerprint density at radius 2 is 1.69 bits per heavy atom. The van der Waals surface area contributed by atoms with Crippen molar-refractivity contribution in [3.63, 3.8) is 0 Å². The Labute approximate surface area is 213 Å². The van der Waals surface area contributed by atoms with Crippen molar-refractivity contribution < 1.29 is 34.3 Å². The molecule has 2 rings (SSSR count). The molecule has 1 aliphatic carbocycles. The van der Waals surface area contributed by atoms with E-state index in [-0.39, 0.29) is 18.7 Å². The van der Waals surface area contributed by atoms with Crippen LogP contribution in [0.3, 0.4) is 0 Å². The lowest BCUT2D eigenvalue weighted by Gasteiger charge is -2.47. The summed E-state index contributed by atoms with van der Waals surface area (Å²) in [6.45, 7) is 4.37. The summed E-state index contributed by atoms with van der Waals surface area (Å²) in [6, 6.07) is -2.24. The van der Waals surface area contributed by atoms with Crippen LogP contribution in [0.1, 0.15) is 45.4 Å². The number of rotatable bonds is 15. The van der Waals surface area contributed by atoms with E-state index in [0.29, 0.717) is 32.7 Å². The van der Waals surface area contributed by atoms with E-state index in [0.717, 1.165) is 25.8 Å². The number of carbonyl (C=O) groups is 1. The van der Waals surface area contributed by atoms with Gasteiger partial charge in [0.25, 0.3) is 0 Å². The zero-order chi connectivity index (χ0) is 26.7. The molecule has 0 aromatic carbocycles. The van der Waals surface area contributed by atoms with Crippen LogP contribution in [0.4, 0.5) is 0 Å². The summed E-state index contributed by atoms with van der Waals surface area (Å²) >= 11 is 0. The predicted octanol–water partition coefficient (Wildman–Crippen LogP) is -3.42. The highest BCUT2D eigenvalue weighted by atomic mass is 16.7. The van der Waals surface area contributed by atoms with Crippen molar-refractivity contribution in [3.8, 4) is 0 Å². The molecule has 2 aliphatic rings. The Morgan fingerprint density at radius 3 is 2.39 bits per heavy atom. The highest BCUT2D eigenvalue weighted by molar-refractivity contribution is 5.76. The van der Waals surface area contributed by atoms with Crippen LogP contribution < -0.4 is 33.6 Å². The molecule has 13 N–H and O–H groups in total. The Bertz CT molecular complexity index is 636. The monoisotopic (exact) mass is 520 g/mol. The number of hydrogen-bond acceptors (Lipinski definition) is 12. The van der Waals surface area contributed by atoms with E-state index in [1.54, 1.807) is 6.92 Å². The number of amides is 1. The molecule has 10 atom stereocenters. The number of carbonyl (C=O) groups excluding carboxylic acids is 1. The molecule has 1 amide bonds. The molecule has 10 unspecified atom stereocenters. The van der Waals surface area contributed by atoms with E-state index in [1.807, 2.05) is 0 Å². The molecule has 212 valence electrons. The minimum Gasteiger partial charge on any atom is -0.388 e. The fourth-order valence-electron chi connectivity index (χ4n) is 4.61. The lowest BCUT2D eigenvalue weighted by atomic mass is 9.83. The lowest BCUT2D eigenvalue weighted by Crippen LogP contribution is -2.67. The van der Waals surface area contributed by atoms with E-state index in [2.05, 4.69) is 10.6 Å². The predicted molar refractivity (Wildman–Crippen MR) is 134 cm³/mol. The van der Waals surface area contributed by atoms with Gasteiger partial charge in [0.15, 0.2) is 6.29 Å². The van der Waals surface area contributed by atoms with Gasteiger partial charge in [-0.1, -0.05) is 6.42 Å². The van der Waals surface area contributed by atoms with Crippen LogP contribution in [0.2, 0.25) is 0 Å². The largest absolute Gasteiger partial charge is 0.388 e. The van der Waals surface area contributed by atoms with Gasteiger partial charge in [-0.3, -0.25) is 4.79 Å². The average molecular weight is 521 g/mol. The lowest BCUT2D eigenvalue weighted by molar-refractivity contribution is -0.288. The molecule has 1 saturated carbocycles. The average Bonchev–Trinajstić information content (AvgIpc) is 2.85. The van der Waals surface area contributed by atoms with Crippen molar-refractivity contribution in [1.82, 2.24) is 10.6 Å². The molecular weight excluding hydrogens is 472 g/mol. The number of hydrogen-bond donors (Lipinski definition) is 9. The Kier molecular flexibility index (Phi) is 14.0. The number of nitrogens with two attached hydrogens (primary N) is 4. The van der Waals surface area contributed by atoms with Gasteiger partial charge < -0.3 is 63.1 Å². The van der Waals surface area contributed by atoms with Gasteiger partial charge in [-0.25, -0.2) is 0 Å². The van der Waals surface area contributed by atoms with Crippen molar-refractivity contribution in [2.45, 2.75) is 106 Å². The summed E-state index contributed by atoms with van der Waals surface area (Å²) in [4.78, 5) is 12.4. The quantitative estimate of drug-likeness (QED) is 0.0960. The third-order valence-corrected chi connectivity index (χ3v) is 6.80. The molecule has 13 nitrogen and oxygen atoms in total. The third-order valence-electron chi connectivity index (χ3n) is 6.80. The van der Waals surface area contributed by atoms with Crippen molar-refractivity contribution in [1.29, 1.82) is 0 Å². The maximum Gasteiger partial charge on any atom is 0.220 e. The van der Waals surface area contributed by atoms with Crippen LogP contribution >= 0.6 is 0 Å². The van der Waals surface area contributed by atoms with E-state index in [9.17, 15) is 20.1 Å². The fraction of sp³-hybridized carbons (Fsp3) is 0.957. The van der Waals surface area contributed by atoms with Gasteiger partial charge in [-0.15, -0.1) is 0 Å². The Morgan fingerprint density at radius 1 is 0.972 bits per heavy atom. The standard InChI is InChI=1S/C23H48N6O7/c1-13-18(31)19(32)17(27)23(35-13)36-21-14(26)12-15(29-16(30)6-5-8-25)22(20(21)33)34-11-10-28-9-4-2-3-7-24/h13-15,17-23,28,31-33H,2-12,24-27H2,1H3,(H,29,30). The maximum absolute atomic E-state index is 12.4. The minimum atomic E-state index is -1.26. The van der Waals surface area contributed by atoms with Crippen LogP contribution in [0.5, 0.6) is 0 Å². The first-order valence-electron chi connectivity index (χ1n) is 13.1. The molecule has 1 saturated heterocycles. The SMILES string of the molecule is CC1OC(OC2C(N)CC(NC(=O)CCCN)C(OCCNCCCCCN)C2O)C(N)C(O)C1O. The van der Waals surface area contributed by atoms with Crippen LogP contribution in [0, 0.1) is 0 Å². The fourth-order valence-corrected chi connectivity index (χ4v) is 4.61. The summed E-state index contributed by atoms with van der Waals surface area (Å²) in [6.07, 6.45) is -3.00. The van der Waals surface area contributed by atoms with Crippen molar-refractivity contribution in [2.24, 2.45) is 22.9 Å². The molecule has 13 heteroatoms. The molecule has 36 heavy (non-hydrogen) atoms. The number of unbranched alkanes of at least 4 members (excludes halogenated alkanes) is 2. The molecule has 1 aliphatic heterocycles. The first-order chi connectivity index (χ1) is 17.2. The van der Waals surface area contributed by atoms with Gasteiger partial charge in [0.2, 0.25) is 5.91 Å². The molecule has 0 radical (unpaired) electrons. The highest BCUT2D eigenvalue weighted by Crippen LogP contribution is 2.29. The summed E-state index contributed by atoms with van der Waals surface area (Å²) in [7, 11) is 0. The summed E-state index contributed by atoms with van der Waals surface area (Å²) in [5.41, 5.74) is 23.4. The normalized spacial score (nSPS) is 37.1. The van der Waals surface area contributed by atoms with Gasteiger partial charge in [-0.2, -0.15) is 0 Å². The summed E-state index contributed by atoms with van der Waals surface area (Å²) in [5, 5.41) is 37.7. The Balaban J connectivity index is 2.01. The smallest absolute Gasteiger partial charge is 0.220 e. The third kappa shape index (κ3) is 9.10. The molecule has 0 aromatic rings. The van der Waals surface area contributed by atoms with Gasteiger partial charge in [0, 0.05) is 19.0 Å². The molecule has 0 spiro atoms. The summed E-state index contributed by atoms with van der Waals surface area (Å²) < 4.78 is 17.6. The first-order valence-corrected chi connectivity index (χ1v) is 13.1. The van der Waals surface area contributed by atoms with Crippen molar-refractivity contribution >= 4 is 5.91 Å². The number of ether oxygens (including phenoxy) is 3. The minimum absolute atomic E-state index is 0.195. The molecule has 1 heterocycles. The second-order valence-corrected chi connectivity index (χ2v) is 9.76. The number of aliphatic hydroxyl groups is 3. The summed E-state index contributed by atoms with van der Waals surface area (Å²) in [5.74, 6) is -0.195. The second kappa shape index (κ2) is 16.1. The van der Waals surface area contributed by atoms with E-state index >= 15 is 0 Å². The Hall–Kier alpha value is -0.970. The maximum atomic E-state index is 12.4. The topological polar surface area (TPSA) is 234 Å². The van der Waals surface area contributed by atoms with Crippen molar-refractivity contribution in [2.75, 3.05) is 32.8 Å². The van der Waals surface area contributed by atoms with Crippen LogP contribution in [-0.4, -0.2) is 115 Å². The molecule has 2 fully saturated rings. The number of aliphatic hydroxyl groups excluding tert-OH is 3. The van der Waals surface area contributed by atoms with Gasteiger partial charge in [0.1, 0.15) is 30.5 Å². The molecule has 0 aromatic heterocycles. The van der Waals surface area contributed by atoms with Gasteiger partial charge in [0.05, 0.1) is 24.8 Å². The van der Waals surface area contributed by atoms with Crippen LogP contribution in [0.25, 0.3) is 0 Å². The first kappa shape index (κ1) is 31.2. The molecular formula is C23H48N6O7. The second-order valence-electron chi connectivity index (χ2n) is 9.76. The zero-order valence-corrected chi connectivity index (χ0v) is 21.3. The van der Waals surface area contributed by atoms with Gasteiger partial charge in [-0.05, 0) is 52.2 Å². The van der Waals surface area contributed by atoms with Crippen molar-refractivity contribution in [3.05, 3.63) is 0 Å². The number of nitrogens with one attached hydrogen (secondary N) is 2. The van der Waals surface area contributed by atoms with Gasteiger partial charge >= 0.3 is 0 Å². The van der Waals surface area contributed by atoms with E-state index in [4.69, 9.17) is 37.1 Å². The molecule has 0 bridgehead atoms.